The van der Waals surface area contributed by atoms with Crippen molar-refractivity contribution in [1.82, 2.24) is 0 Å². The Bertz CT molecular complexity index is 662. The molecule has 0 saturated heterocycles. The van der Waals surface area contributed by atoms with E-state index < -0.39 is 0 Å². The zero-order valence-corrected chi connectivity index (χ0v) is 12.9. The SMILES string of the molecule is O=C(CNc1cc(Cl)c(Cl)cc1Cl)Nc1ccc(F)cc1. The van der Waals surface area contributed by atoms with Gasteiger partial charge in [-0.05, 0) is 36.4 Å². The van der Waals surface area contributed by atoms with Crippen LogP contribution < -0.4 is 10.6 Å². The molecule has 0 aromatic heterocycles. The Morgan fingerprint density at radius 2 is 1.62 bits per heavy atom. The maximum atomic E-state index is 12.7. The van der Waals surface area contributed by atoms with Crippen molar-refractivity contribution < 1.29 is 9.18 Å². The van der Waals surface area contributed by atoms with Crippen molar-refractivity contribution in [2.45, 2.75) is 0 Å². The standard InChI is InChI=1S/C14H10Cl3FN2O/c15-10-5-12(17)13(6-11(10)16)19-7-14(21)20-9-3-1-8(18)2-4-9/h1-6,19H,7H2,(H,20,21). The molecular formula is C14H10Cl3FN2O. The van der Waals surface area contributed by atoms with Crippen LogP contribution in [0.5, 0.6) is 0 Å². The zero-order chi connectivity index (χ0) is 15.4. The predicted molar refractivity (Wildman–Crippen MR) is 85.0 cm³/mol. The Morgan fingerprint density at radius 3 is 2.29 bits per heavy atom. The van der Waals surface area contributed by atoms with Crippen molar-refractivity contribution in [3.8, 4) is 0 Å². The minimum Gasteiger partial charge on any atom is -0.375 e. The van der Waals surface area contributed by atoms with E-state index in [1.165, 1.54) is 36.4 Å². The van der Waals surface area contributed by atoms with Crippen molar-refractivity contribution in [2.24, 2.45) is 0 Å². The highest BCUT2D eigenvalue weighted by molar-refractivity contribution is 6.44. The van der Waals surface area contributed by atoms with Crippen molar-refractivity contribution in [3.05, 3.63) is 57.3 Å². The number of carbonyl (C=O) groups is 1. The van der Waals surface area contributed by atoms with Gasteiger partial charge in [0.1, 0.15) is 5.82 Å². The molecule has 3 nitrogen and oxygen atoms in total. The van der Waals surface area contributed by atoms with Gasteiger partial charge in [-0.15, -0.1) is 0 Å². The normalized spacial score (nSPS) is 10.3. The number of amides is 1. The van der Waals surface area contributed by atoms with Gasteiger partial charge in [0.05, 0.1) is 27.3 Å². The van der Waals surface area contributed by atoms with Gasteiger partial charge >= 0.3 is 0 Å². The van der Waals surface area contributed by atoms with Crippen LogP contribution in [0.4, 0.5) is 15.8 Å². The van der Waals surface area contributed by atoms with Gasteiger partial charge in [-0.2, -0.15) is 0 Å². The van der Waals surface area contributed by atoms with E-state index in [2.05, 4.69) is 10.6 Å². The lowest BCUT2D eigenvalue weighted by Crippen LogP contribution is -2.21. The van der Waals surface area contributed by atoms with Crippen LogP contribution in [0.3, 0.4) is 0 Å². The molecule has 21 heavy (non-hydrogen) atoms. The van der Waals surface area contributed by atoms with E-state index >= 15 is 0 Å². The van der Waals surface area contributed by atoms with Gasteiger partial charge < -0.3 is 10.6 Å². The first-order valence-electron chi connectivity index (χ1n) is 5.89. The molecule has 110 valence electrons. The molecule has 0 aliphatic heterocycles. The molecule has 2 aromatic carbocycles. The minimum atomic E-state index is -0.367. The number of benzene rings is 2. The summed E-state index contributed by atoms with van der Waals surface area (Å²) in [6.07, 6.45) is 0. The molecule has 0 radical (unpaired) electrons. The number of nitrogens with one attached hydrogen (secondary N) is 2. The fourth-order valence-corrected chi connectivity index (χ4v) is 2.19. The zero-order valence-electron chi connectivity index (χ0n) is 10.6. The maximum Gasteiger partial charge on any atom is 0.243 e. The average Bonchev–Trinajstić information content (AvgIpc) is 2.44. The highest BCUT2D eigenvalue weighted by atomic mass is 35.5. The fourth-order valence-electron chi connectivity index (χ4n) is 1.57. The monoisotopic (exact) mass is 346 g/mol. The highest BCUT2D eigenvalue weighted by Gasteiger charge is 2.08. The van der Waals surface area contributed by atoms with Crippen LogP contribution in [0.25, 0.3) is 0 Å². The lowest BCUT2D eigenvalue weighted by molar-refractivity contribution is -0.114. The van der Waals surface area contributed by atoms with Crippen molar-refractivity contribution in [2.75, 3.05) is 17.2 Å². The van der Waals surface area contributed by atoms with Gasteiger partial charge in [0, 0.05) is 5.69 Å². The Kier molecular flexibility index (Phi) is 5.28. The molecule has 0 bridgehead atoms. The summed E-state index contributed by atoms with van der Waals surface area (Å²) >= 11 is 17.7. The van der Waals surface area contributed by atoms with Gasteiger partial charge in [-0.1, -0.05) is 34.8 Å². The summed E-state index contributed by atoms with van der Waals surface area (Å²) in [7, 11) is 0. The largest absolute Gasteiger partial charge is 0.375 e. The first-order chi connectivity index (χ1) is 9.95. The molecule has 2 aromatic rings. The van der Waals surface area contributed by atoms with Crippen LogP contribution in [0, 0.1) is 5.82 Å². The quantitative estimate of drug-likeness (QED) is 0.777. The van der Waals surface area contributed by atoms with Crippen LogP contribution in [0.15, 0.2) is 36.4 Å². The summed E-state index contributed by atoms with van der Waals surface area (Å²) in [5, 5.41) is 6.50. The highest BCUT2D eigenvalue weighted by Crippen LogP contribution is 2.32. The molecule has 0 aliphatic carbocycles. The lowest BCUT2D eigenvalue weighted by Gasteiger charge is -2.10. The van der Waals surface area contributed by atoms with E-state index in [1.54, 1.807) is 0 Å². The molecular weight excluding hydrogens is 338 g/mol. The van der Waals surface area contributed by atoms with E-state index in [0.29, 0.717) is 26.4 Å². The summed E-state index contributed by atoms with van der Waals surface area (Å²) in [5.74, 6) is -0.669. The van der Waals surface area contributed by atoms with Crippen molar-refractivity contribution in [3.63, 3.8) is 0 Å². The Hall–Kier alpha value is -1.49. The third-order valence-electron chi connectivity index (χ3n) is 2.58. The van der Waals surface area contributed by atoms with E-state index in [1.807, 2.05) is 0 Å². The number of hydrogen-bond donors (Lipinski definition) is 2. The number of carbonyl (C=O) groups excluding carboxylic acids is 1. The summed E-state index contributed by atoms with van der Waals surface area (Å²) in [6.45, 7) is -0.0188. The first kappa shape index (κ1) is 15.9. The third kappa shape index (κ3) is 4.49. The van der Waals surface area contributed by atoms with Crippen LogP contribution >= 0.6 is 34.8 Å². The first-order valence-corrected chi connectivity index (χ1v) is 7.03. The number of anilines is 2. The van der Waals surface area contributed by atoms with E-state index in [4.69, 9.17) is 34.8 Å². The molecule has 2 rings (SSSR count). The maximum absolute atomic E-state index is 12.7. The van der Waals surface area contributed by atoms with Crippen molar-refractivity contribution >= 4 is 52.1 Å². The smallest absolute Gasteiger partial charge is 0.243 e. The van der Waals surface area contributed by atoms with Crippen LogP contribution in [-0.4, -0.2) is 12.5 Å². The number of hydrogen-bond acceptors (Lipinski definition) is 2. The summed E-state index contributed by atoms with van der Waals surface area (Å²) in [4.78, 5) is 11.8. The molecule has 0 fully saturated rings. The molecule has 0 spiro atoms. The van der Waals surface area contributed by atoms with Gasteiger partial charge in [0.15, 0.2) is 0 Å². The average molecular weight is 348 g/mol. The molecule has 0 unspecified atom stereocenters. The number of rotatable bonds is 4. The molecule has 0 heterocycles. The summed E-state index contributed by atoms with van der Waals surface area (Å²) in [6, 6.07) is 8.50. The van der Waals surface area contributed by atoms with Crippen LogP contribution in [0.1, 0.15) is 0 Å². The molecule has 7 heteroatoms. The Balaban J connectivity index is 1.95. The molecule has 0 atom stereocenters. The third-order valence-corrected chi connectivity index (χ3v) is 3.61. The topological polar surface area (TPSA) is 41.1 Å². The van der Waals surface area contributed by atoms with Crippen LogP contribution in [0.2, 0.25) is 15.1 Å². The second-order valence-electron chi connectivity index (χ2n) is 4.15. The molecule has 0 aliphatic rings. The second kappa shape index (κ2) is 6.98. The Morgan fingerprint density at radius 1 is 1.00 bits per heavy atom. The second-order valence-corrected chi connectivity index (χ2v) is 5.38. The van der Waals surface area contributed by atoms with E-state index in [9.17, 15) is 9.18 Å². The van der Waals surface area contributed by atoms with Gasteiger partial charge in [-0.25, -0.2) is 4.39 Å². The molecule has 0 saturated carbocycles. The van der Waals surface area contributed by atoms with E-state index in [-0.39, 0.29) is 18.3 Å². The summed E-state index contributed by atoms with van der Waals surface area (Å²) in [5.41, 5.74) is 1.00. The molecule has 2 N–H and O–H groups in total. The fraction of sp³-hybridized carbons (Fsp3) is 0.0714. The minimum absolute atomic E-state index is 0.0188. The van der Waals surface area contributed by atoms with Crippen LogP contribution in [-0.2, 0) is 4.79 Å². The Labute approximate surface area is 136 Å². The molecule has 1 amide bonds. The number of halogens is 4. The van der Waals surface area contributed by atoms with E-state index in [0.717, 1.165) is 0 Å². The van der Waals surface area contributed by atoms with Gasteiger partial charge in [0.2, 0.25) is 5.91 Å². The van der Waals surface area contributed by atoms with Crippen molar-refractivity contribution in [1.29, 1.82) is 0 Å². The predicted octanol–water partition coefficient (Wildman–Crippen LogP) is 4.84. The van der Waals surface area contributed by atoms with Gasteiger partial charge in [-0.3, -0.25) is 4.79 Å². The lowest BCUT2D eigenvalue weighted by atomic mass is 10.3. The van der Waals surface area contributed by atoms with Gasteiger partial charge in [0.25, 0.3) is 0 Å². The summed E-state index contributed by atoms with van der Waals surface area (Å²) < 4.78 is 12.7.